The molecule has 3 aromatic carbocycles. The van der Waals surface area contributed by atoms with Crippen molar-refractivity contribution in [2.45, 2.75) is 37.4 Å². The molecule has 0 amide bonds. The Bertz CT molecular complexity index is 927. The molecule has 0 aromatic heterocycles. The molecular weight excluding hydrogens is 380 g/mol. The second kappa shape index (κ2) is 9.25. The third-order valence-electron chi connectivity index (χ3n) is 7.25. The molecule has 3 fully saturated rings. The molecule has 31 heavy (non-hydrogen) atoms. The van der Waals surface area contributed by atoms with Gasteiger partial charge in [0.05, 0.1) is 7.11 Å². The standard InChI is InChI=1S/C28H32N2O/c1-31-25-15-9-8-14-24(25)20-29-27-23-16-18-30(19-17-23)28(27)26(21-10-4-2-5-11-21)22-12-6-3-7-13-22/h2-15,23,26-29H,16-20H2,1H3/t27-,28?/m0/s1. The van der Waals surface area contributed by atoms with Gasteiger partial charge in [-0.25, -0.2) is 0 Å². The van der Waals surface area contributed by atoms with Gasteiger partial charge in [-0.15, -0.1) is 0 Å². The quantitative estimate of drug-likeness (QED) is 0.586. The highest BCUT2D eigenvalue weighted by molar-refractivity contribution is 5.37. The molecule has 3 aliphatic heterocycles. The molecule has 2 atom stereocenters. The zero-order valence-electron chi connectivity index (χ0n) is 18.3. The molecule has 0 saturated carbocycles. The molecule has 3 heterocycles. The van der Waals surface area contributed by atoms with E-state index in [1.54, 1.807) is 7.11 Å². The van der Waals surface area contributed by atoms with Crippen molar-refractivity contribution in [3.8, 4) is 5.75 Å². The first kappa shape index (κ1) is 20.3. The van der Waals surface area contributed by atoms with Crippen molar-refractivity contribution in [3.63, 3.8) is 0 Å². The van der Waals surface area contributed by atoms with Gasteiger partial charge in [0.2, 0.25) is 0 Å². The number of piperidine rings is 3. The predicted octanol–water partition coefficient (Wildman–Crippen LogP) is 5.08. The summed E-state index contributed by atoms with van der Waals surface area (Å²) >= 11 is 0. The average Bonchev–Trinajstić information content (AvgIpc) is 2.85. The maximum Gasteiger partial charge on any atom is 0.123 e. The molecule has 3 heteroatoms. The van der Waals surface area contributed by atoms with Crippen molar-refractivity contribution in [1.29, 1.82) is 0 Å². The van der Waals surface area contributed by atoms with E-state index in [4.69, 9.17) is 4.74 Å². The molecule has 3 aromatic rings. The largest absolute Gasteiger partial charge is 0.496 e. The highest BCUT2D eigenvalue weighted by Gasteiger charge is 2.46. The molecule has 3 aliphatic rings. The molecule has 0 radical (unpaired) electrons. The number of hydrogen-bond donors (Lipinski definition) is 1. The van der Waals surface area contributed by atoms with Gasteiger partial charge in [-0.2, -0.15) is 0 Å². The van der Waals surface area contributed by atoms with Crippen LogP contribution in [0.25, 0.3) is 0 Å². The number of para-hydroxylation sites is 1. The average molecular weight is 413 g/mol. The van der Waals surface area contributed by atoms with Crippen molar-refractivity contribution in [2.24, 2.45) is 5.92 Å². The molecule has 3 nitrogen and oxygen atoms in total. The number of hydrogen-bond acceptors (Lipinski definition) is 3. The first-order chi connectivity index (χ1) is 15.3. The Morgan fingerprint density at radius 1 is 0.839 bits per heavy atom. The molecule has 3 saturated heterocycles. The van der Waals surface area contributed by atoms with Crippen LogP contribution in [0, 0.1) is 5.92 Å². The van der Waals surface area contributed by atoms with Gasteiger partial charge in [-0.3, -0.25) is 4.90 Å². The molecule has 0 spiro atoms. The molecular formula is C28H32N2O. The van der Waals surface area contributed by atoms with E-state index >= 15 is 0 Å². The van der Waals surface area contributed by atoms with Crippen molar-refractivity contribution in [2.75, 3.05) is 20.2 Å². The maximum atomic E-state index is 5.61. The number of ether oxygens (including phenoxy) is 1. The van der Waals surface area contributed by atoms with Gasteiger partial charge in [0.25, 0.3) is 0 Å². The van der Waals surface area contributed by atoms with Gasteiger partial charge in [-0.1, -0.05) is 78.9 Å². The summed E-state index contributed by atoms with van der Waals surface area (Å²) in [7, 11) is 1.76. The van der Waals surface area contributed by atoms with Gasteiger partial charge in [0.15, 0.2) is 0 Å². The molecule has 1 unspecified atom stereocenters. The number of rotatable bonds is 7. The van der Waals surface area contributed by atoms with E-state index in [0.717, 1.165) is 18.2 Å². The Labute approximate surface area is 186 Å². The fourth-order valence-corrected chi connectivity index (χ4v) is 5.77. The molecule has 2 bridgehead atoms. The van der Waals surface area contributed by atoms with E-state index in [-0.39, 0.29) is 0 Å². The van der Waals surface area contributed by atoms with Crippen LogP contribution in [0.1, 0.15) is 35.4 Å². The van der Waals surface area contributed by atoms with Crippen LogP contribution in [-0.4, -0.2) is 37.2 Å². The van der Waals surface area contributed by atoms with Gasteiger partial charge in [0, 0.05) is 30.1 Å². The zero-order valence-corrected chi connectivity index (χ0v) is 18.3. The van der Waals surface area contributed by atoms with E-state index in [1.165, 1.54) is 42.6 Å². The minimum Gasteiger partial charge on any atom is -0.496 e. The summed E-state index contributed by atoms with van der Waals surface area (Å²) in [5.41, 5.74) is 4.06. The molecule has 160 valence electrons. The van der Waals surface area contributed by atoms with Crippen LogP contribution in [-0.2, 0) is 6.54 Å². The fraction of sp³-hybridized carbons (Fsp3) is 0.357. The molecule has 6 rings (SSSR count). The Kier molecular flexibility index (Phi) is 6.06. The first-order valence-corrected chi connectivity index (χ1v) is 11.5. The Balaban J connectivity index is 1.49. The van der Waals surface area contributed by atoms with Gasteiger partial charge in [-0.05, 0) is 49.0 Å². The lowest BCUT2D eigenvalue weighted by molar-refractivity contribution is 0.00462. The highest BCUT2D eigenvalue weighted by Crippen LogP contribution is 2.42. The maximum absolute atomic E-state index is 5.61. The second-order valence-corrected chi connectivity index (χ2v) is 8.88. The lowest BCUT2D eigenvalue weighted by Crippen LogP contribution is -2.64. The summed E-state index contributed by atoms with van der Waals surface area (Å²) in [4.78, 5) is 2.74. The number of nitrogens with zero attached hydrogens (tertiary/aromatic N) is 1. The predicted molar refractivity (Wildman–Crippen MR) is 126 cm³/mol. The van der Waals surface area contributed by atoms with Crippen LogP contribution in [0.2, 0.25) is 0 Å². The molecule has 1 N–H and O–H groups in total. The van der Waals surface area contributed by atoms with Crippen molar-refractivity contribution >= 4 is 0 Å². The van der Waals surface area contributed by atoms with Crippen molar-refractivity contribution < 1.29 is 4.74 Å². The van der Waals surface area contributed by atoms with Gasteiger partial charge >= 0.3 is 0 Å². The normalized spacial score (nSPS) is 25.0. The Morgan fingerprint density at radius 3 is 2.03 bits per heavy atom. The minimum absolute atomic E-state index is 0.362. The highest BCUT2D eigenvalue weighted by atomic mass is 16.5. The first-order valence-electron chi connectivity index (χ1n) is 11.5. The Morgan fingerprint density at radius 2 is 1.42 bits per heavy atom. The summed E-state index contributed by atoms with van der Waals surface area (Å²) in [6.07, 6.45) is 2.58. The number of nitrogens with one attached hydrogen (secondary N) is 1. The summed E-state index contributed by atoms with van der Waals surface area (Å²) in [5.74, 6) is 2.05. The zero-order chi connectivity index (χ0) is 21.0. The van der Waals surface area contributed by atoms with Crippen molar-refractivity contribution in [3.05, 3.63) is 102 Å². The van der Waals surface area contributed by atoms with Crippen LogP contribution in [0.5, 0.6) is 5.75 Å². The van der Waals surface area contributed by atoms with Gasteiger partial charge in [0.1, 0.15) is 5.75 Å². The third-order valence-corrected chi connectivity index (χ3v) is 7.25. The minimum atomic E-state index is 0.362. The summed E-state index contributed by atoms with van der Waals surface area (Å²) in [5, 5.41) is 3.99. The van der Waals surface area contributed by atoms with E-state index in [9.17, 15) is 0 Å². The van der Waals surface area contributed by atoms with E-state index in [1.807, 2.05) is 6.07 Å². The topological polar surface area (TPSA) is 24.5 Å². The second-order valence-electron chi connectivity index (χ2n) is 8.88. The van der Waals surface area contributed by atoms with E-state index in [2.05, 4.69) is 89.1 Å². The number of fused-ring (bicyclic) bond motifs is 3. The van der Waals surface area contributed by atoms with Crippen LogP contribution in [0.3, 0.4) is 0 Å². The van der Waals surface area contributed by atoms with Crippen LogP contribution in [0.4, 0.5) is 0 Å². The van der Waals surface area contributed by atoms with E-state index < -0.39 is 0 Å². The summed E-state index contributed by atoms with van der Waals surface area (Å²) in [6, 6.07) is 31.5. The number of benzene rings is 3. The van der Waals surface area contributed by atoms with Crippen LogP contribution >= 0.6 is 0 Å². The Hall–Kier alpha value is -2.62. The van der Waals surface area contributed by atoms with Crippen LogP contribution in [0.15, 0.2) is 84.9 Å². The summed E-state index contributed by atoms with van der Waals surface area (Å²) < 4.78 is 5.61. The lowest BCUT2D eigenvalue weighted by Gasteiger charge is -2.54. The van der Waals surface area contributed by atoms with Crippen LogP contribution < -0.4 is 10.1 Å². The summed E-state index contributed by atoms with van der Waals surface area (Å²) in [6.45, 7) is 3.25. The SMILES string of the molecule is COc1ccccc1CN[C@H]1C2CCN(CC2)C1C(c1ccccc1)c1ccccc1. The fourth-order valence-electron chi connectivity index (χ4n) is 5.77. The van der Waals surface area contributed by atoms with Gasteiger partial charge < -0.3 is 10.1 Å². The number of methoxy groups -OCH3 is 1. The monoisotopic (exact) mass is 412 g/mol. The van der Waals surface area contributed by atoms with E-state index in [0.29, 0.717) is 18.0 Å². The lowest BCUT2D eigenvalue weighted by atomic mass is 9.70. The smallest absolute Gasteiger partial charge is 0.123 e. The third kappa shape index (κ3) is 4.13. The molecule has 0 aliphatic carbocycles. The van der Waals surface area contributed by atoms with Crippen molar-refractivity contribution in [1.82, 2.24) is 10.2 Å².